The fourth-order valence-corrected chi connectivity index (χ4v) is 4.40. The zero-order chi connectivity index (χ0) is 20.6. The number of aryl methyl sites for hydroxylation is 1. The number of piperidine rings is 1. The van der Waals surface area contributed by atoms with E-state index in [-0.39, 0.29) is 30.4 Å². The average Bonchev–Trinajstić information content (AvgIpc) is 2.66. The molecule has 0 bridgehead atoms. The molecule has 1 aliphatic rings. The number of nitrogens with one attached hydrogen (secondary N) is 1. The maximum absolute atomic E-state index is 12.6. The Morgan fingerprint density at radius 1 is 1.11 bits per heavy atom. The summed E-state index contributed by atoms with van der Waals surface area (Å²) in [5.74, 6) is -0.305. The number of amides is 1. The molecule has 1 heterocycles. The second-order valence-corrected chi connectivity index (χ2v) is 8.56. The van der Waals surface area contributed by atoms with Gasteiger partial charge in [-0.25, -0.2) is 8.42 Å². The van der Waals surface area contributed by atoms with Crippen LogP contribution in [0.4, 0.5) is 13.2 Å². The van der Waals surface area contributed by atoms with Crippen molar-refractivity contribution in [3.8, 4) is 0 Å². The highest BCUT2D eigenvalue weighted by Crippen LogP contribution is 2.21. The summed E-state index contributed by atoms with van der Waals surface area (Å²) in [7, 11) is -3.48. The van der Waals surface area contributed by atoms with Gasteiger partial charge in [0.05, 0.1) is 11.5 Å². The van der Waals surface area contributed by atoms with E-state index in [1.54, 1.807) is 24.3 Å². The van der Waals surface area contributed by atoms with Crippen molar-refractivity contribution < 1.29 is 31.1 Å². The van der Waals surface area contributed by atoms with Gasteiger partial charge < -0.3 is 10.1 Å². The number of ether oxygens (including phenoxy) is 1. The van der Waals surface area contributed by atoms with Crippen LogP contribution in [0.2, 0.25) is 0 Å². The van der Waals surface area contributed by atoms with Crippen LogP contribution < -0.4 is 5.32 Å². The molecule has 1 aromatic rings. The number of carbonyl (C=O) groups is 1. The first-order valence-corrected chi connectivity index (χ1v) is 10.6. The van der Waals surface area contributed by atoms with Crippen LogP contribution in [0.1, 0.15) is 31.2 Å². The van der Waals surface area contributed by atoms with Gasteiger partial charge in [0.25, 0.3) is 0 Å². The molecule has 10 heteroatoms. The van der Waals surface area contributed by atoms with E-state index >= 15 is 0 Å². The molecule has 1 aromatic carbocycles. The average molecular weight is 422 g/mol. The number of alkyl halides is 3. The number of carbonyl (C=O) groups excluding carboxylic acids is 1. The number of hydrogen-bond donors (Lipinski definition) is 1. The molecule has 1 aliphatic heterocycles. The van der Waals surface area contributed by atoms with Crippen molar-refractivity contribution in [2.75, 3.05) is 32.8 Å². The summed E-state index contributed by atoms with van der Waals surface area (Å²) in [6, 6.07) is 6.44. The fraction of sp³-hybridized carbons (Fsp3) is 0.611. The highest BCUT2D eigenvalue weighted by Gasteiger charge is 2.27. The van der Waals surface area contributed by atoms with Gasteiger partial charge in [0, 0.05) is 26.1 Å². The lowest BCUT2D eigenvalue weighted by molar-refractivity contribution is -0.173. The number of benzene rings is 1. The summed E-state index contributed by atoms with van der Waals surface area (Å²) in [6.45, 7) is -0.473. The molecule has 0 unspecified atom stereocenters. The Bertz CT molecular complexity index is 730. The van der Waals surface area contributed by atoms with E-state index < -0.39 is 22.8 Å². The van der Waals surface area contributed by atoms with Crippen LogP contribution in [-0.4, -0.2) is 57.7 Å². The molecule has 0 atom stereocenters. The van der Waals surface area contributed by atoms with Crippen molar-refractivity contribution in [3.05, 3.63) is 29.8 Å². The predicted octanol–water partition coefficient (Wildman–Crippen LogP) is 2.49. The molecule has 1 N–H and O–H groups in total. The SMILES string of the molecule is O=C(CCc1ccc(S(=O)(=O)N2CCCCC2)cc1)NCCOCC(F)(F)F. The summed E-state index contributed by atoms with van der Waals surface area (Å²) >= 11 is 0. The molecule has 0 aromatic heterocycles. The van der Waals surface area contributed by atoms with Crippen LogP contribution in [-0.2, 0) is 26.0 Å². The molecule has 0 aliphatic carbocycles. The Labute approximate surface area is 163 Å². The van der Waals surface area contributed by atoms with E-state index in [1.807, 2.05) is 0 Å². The number of halogens is 3. The summed E-state index contributed by atoms with van der Waals surface area (Å²) in [5, 5.41) is 2.48. The van der Waals surface area contributed by atoms with E-state index in [0.717, 1.165) is 24.8 Å². The quantitative estimate of drug-likeness (QED) is 0.621. The molecule has 1 amide bonds. The van der Waals surface area contributed by atoms with Crippen LogP contribution in [0.5, 0.6) is 0 Å². The Hall–Kier alpha value is -1.65. The van der Waals surface area contributed by atoms with Gasteiger partial charge >= 0.3 is 6.18 Å². The largest absolute Gasteiger partial charge is 0.411 e. The summed E-state index contributed by atoms with van der Waals surface area (Å²) in [4.78, 5) is 12.0. The summed E-state index contributed by atoms with van der Waals surface area (Å²) in [5.41, 5.74) is 0.807. The number of nitrogens with zero attached hydrogens (tertiary/aromatic N) is 1. The third-order valence-corrected chi connectivity index (χ3v) is 6.26. The lowest BCUT2D eigenvalue weighted by atomic mass is 10.1. The first-order chi connectivity index (χ1) is 13.2. The van der Waals surface area contributed by atoms with Gasteiger partial charge in [-0.2, -0.15) is 17.5 Å². The molecule has 158 valence electrons. The lowest BCUT2D eigenvalue weighted by Gasteiger charge is -2.25. The highest BCUT2D eigenvalue weighted by atomic mass is 32.2. The first kappa shape index (κ1) is 22.6. The van der Waals surface area contributed by atoms with Gasteiger partial charge in [0.15, 0.2) is 0 Å². The number of rotatable bonds is 9. The minimum Gasteiger partial charge on any atom is -0.370 e. The van der Waals surface area contributed by atoms with Crippen molar-refractivity contribution in [1.29, 1.82) is 0 Å². The maximum atomic E-state index is 12.6. The summed E-state index contributed by atoms with van der Waals surface area (Å²) in [6.07, 6.45) is -1.04. The zero-order valence-electron chi connectivity index (χ0n) is 15.5. The first-order valence-electron chi connectivity index (χ1n) is 9.19. The minimum atomic E-state index is -4.38. The standard InChI is InChI=1S/C18H25F3N2O4S/c19-18(20,21)14-27-13-10-22-17(24)9-6-15-4-7-16(8-5-15)28(25,26)23-11-2-1-3-12-23/h4-5,7-8H,1-3,6,9-14H2,(H,22,24). The van der Waals surface area contributed by atoms with Crippen LogP contribution in [0.25, 0.3) is 0 Å². The Kier molecular flexibility index (Phi) is 8.26. The monoisotopic (exact) mass is 422 g/mol. The molecule has 1 fully saturated rings. The van der Waals surface area contributed by atoms with Gasteiger partial charge in [0.1, 0.15) is 6.61 Å². The summed E-state index contributed by atoms with van der Waals surface area (Å²) < 4.78 is 66.8. The Morgan fingerprint density at radius 2 is 1.75 bits per heavy atom. The van der Waals surface area contributed by atoms with Crippen LogP contribution in [0.15, 0.2) is 29.2 Å². The predicted molar refractivity (Wildman–Crippen MR) is 97.3 cm³/mol. The second-order valence-electron chi connectivity index (χ2n) is 6.63. The van der Waals surface area contributed by atoms with E-state index in [9.17, 15) is 26.4 Å². The highest BCUT2D eigenvalue weighted by molar-refractivity contribution is 7.89. The molecule has 2 rings (SSSR count). The smallest absolute Gasteiger partial charge is 0.370 e. The molecule has 1 saturated heterocycles. The van der Waals surface area contributed by atoms with Crippen LogP contribution in [0.3, 0.4) is 0 Å². The topological polar surface area (TPSA) is 75.7 Å². The number of sulfonamides is 1. The number of hydrogen-bond acceptors (Lipinski definition) is 4. The maximum Gasteiger partial charge on any atom is 0.411 e. The molecule has 0 saturated carbocycles. The molecule has 6 nitrogen and oxygen atoms in total. The van der Waals surface area contributed by atoms with Gasteiger partial charge in [-0.1, -0.05) is 18.6 Å². The van der Waals surface area contributed by atoms with Crippen molar-refractivity contribution >= 4 is 15.9 Å². The lowest BCUT2D eigenvalue weighted by Crippen LogP contribution is -2.35. The third kappa shape index (κ3) is 7.40. The van der Waals surface area contributed by atoms with Gasteiger partial charge in [0.2, 0.25) is 15.9 Å². The van der Waals surface area contributed by atoms with Crippen molar-refractivity contribution in [2.45, 2.75) is 43.2 Å². The molecular weight excluding hydrogens is 397 g/mol. The van der Waals surface area contributed by atoms with Crippen LogP contribution >= 0.6 is 0 Å². The minimum absolute atomic E-state index is 0.00191. The Morgan fingerprint density at radius 3 is 2.36 bits per heavy atom. The van der Waals surface area contributed by atoms with E-state index in [0.29, 0.717) is 19.5 Å². The van der Waals surface area contributed by atoms with E-state index in [1.165, 1.54) is 4.31 Å². The van der Waals surface area contributed by atoms with E-state index in [2.05, 4.69) is 10.1 Å². The van der Waals surface area contributed by atoms with Crippen molar-refractivity contribution in [2.24, 2.45) is 0 Å². The van der Waals surface area contributed by atoms with Crippen molar-refractivity contribution in [3.63, 3.8) is 0 Å². The van der Waals surface area contributed by atoms with Crippen molar-refractivity contribution in [1.82, 2.24) is 9.62 Å². The zero-order valence-corrected chi connectivity index (χ0v) is 16.3. The van der Waals surface area contributed by atoms with Gasteiger partial charge in [-0.15, -0.1) is 0 Å². The Balaban J connectivity index is 1.74. The fourth-order valence-electron chi connectivity index (χ4n) is 2.88. The van der Waals surface area contributed by atoms with Gasteiger partial charge in [-0.3, -0.25) is 4.79 Å². The second kappa shape index (κ2) is 10.2. The molecule has 0 spiro atoms. The molecular formula is C18H25F3N2O4S. The van der Waals surface area contributed by atoms with Crippen LogP contribution in [0, 0.1) is 0 Å². The molecule has 0 radical (unpaired) electrons. The molecule has 28 heavy (non-hydrogen) atoms. The normalized spacial score (nSPS) is 16.1. The van der Waals surface area contributed by atoms with E-state index in [4.69, 9.17) is 0 Å². The third-order valence-electron chi connectivity index (χ3n) is 4.35. The van der Waals surface area contributed by atoms with Gasteiger partial charge in [-0.05, 0) is 37.0 Å².